The largest absolute Gasteiger partial charge is 0.399 e. The Balaban J connectivity index is 2.68. The van der Waals surface area contributed by atoms with Gasteiger partial charge >= 0.3 is 0 Å². The van der Waals surface area contributed by atoms with Gasteiger partial charge in [-0.3, -0.25) is 4.79 Å². The SMILES string of the molecule is CCc1c(C)nn(-c2cc(N)ccc2C(=O)NC)c1C. The van der Waals surface area contributed by atoms with Gasteiger partial charge in [-0.25, -0.2) is 4.68 Å². The van der Waals surface area contributed by atoms with Crippen LogP contribution < -0.4 is 11.1 Å². The molecule has 0 saturated carbocycles. The standard InChI is InChI=1S/C15H20N4O/c1-5-12-9(2)18-19(10(12)3)14-8-11(16)6-7-13(14)15(20)17-4/h6-8H,5,16H2,1-4H3,(H,17,20). The first-order valence-electron chi connectivity index (χ1n) is 6.66. The number of nitrogen functional groups attached to an aromatic ring is 1. The summed E-state index contributed by atoms with van der Waals surface area (Å²) < 4.78 is 1.80. The lowest BCUT2D eigenvalue weighted by Gasteiger charge is -2.11. The molecule has 1 aromatic heterocycles. The molecule has 0 aliphatic rings. The minimum Gasteiger partial charge on any atom is -0.399 e. The minimum atomic E-state index is -0.148. The second-order valence-corrected chi connectivity index (χ2v) is 4.77. The van der Waals surface area contributed by atoms with Crippen LogP contribution in [0.15, 0.2) is 18.2 Å². The molecule has 106 valence electrons. The third kappa shape index (κ3) is 2.27. The molecule has 0 unspecified atom stereocenters. The van der Waals surface area contributed by atoms with Crippen LogP contribution in [-0.4, -0.2) is 22.7 Å². The van der Waals surface area contributed by atoms with Crippen molar-refractivity contribution in [1.29, 1.82) is 0 Å². The van der Waals surface area contributed by atoms with E-state index in [1.54, 1.807) is 29.9 Å². The topological polar surface area (TPSA) is 72.9 Å². The van der Waals surface area contributed by atoms with Crippen LogP contribution in [0.4, 0.5) is 5.69 Å². The fraction of sp³-hybridized carbons (Fsp3) is 0.333. The summed E-state index contributed by atoms with van der Waals surface area (Å²) in [5, 5.41) is 7.20. The van der Waals surface area contributed by atoms with Crippen LogP contribution in [0.3, 0.4) is 0 Å². The molecule has 0 fully saturated rings. The molecular formula is C15H20N4O. The highest BCUT2D eigenvalue weighted by molar-refractivity contribution is 5.98. The molecule has 1 heterocycles. The third-order valence-corrected chi connectivity index (χ3v) is 3.52. The summed E-state index contributed by atoms with van der Waals surface area (Å²) in [5.74, 6) is -0.148. The van der Waals surface area contributed by atoms with E-state index in [0.717, 1.165) is 17.8 Å². The first kappa shape index (κ1) is 14.1. The summed E-state index contributed by atoms with van der Waals surface area (Å²) in [6.07, 6.45) is 0.912. The van der Waals surface area contributed by atoms with Gasteiger partial charge in [-0.05, 0) is 44.0 Å². The van der Waals surface area contributed by atoms with Gasteiger partial charge in [-0.1, -0.05) is 6.92 Å². The van der Waals surface area contributed by atoms with Crippen LogP contribution in [0.1, 0.15) is 34.2 Å². The summed E-state index contributed by atoms with van der Waals surface area (Å²) >= 11 is 0. The fourth-order valence-electron chi connectivity index (χ4n) is 2.47. The van der Waals surface area contributed by atoms with Crippen molar-refractivity contribution < 1.29 is 4.79 Å². The Morgan fingerprint density at radius 2 is 2.10 bits per heavy atom. The average Bonchev–Trinajstić information content (AvgIpc) is 2.72. The summed E-state index contributed by atoms with van der Waals surface area (Å²) in [7, 11) is 1.61. The Labute approximate surface area is 118 Å². The van der Waals surface area contributed by atoms with Gasteiger partial charge < -0.3 is 11.1 Å². The zero-order chi connectivity index (χ0) is 14.9. The number of nitrogens with zero attached hydrogens (tertiary/aromatic N) is 2. The summed E-state index contributed by atoms with van der Waals surface area (Å²) in [6, 6.07) is 5.23. The van der Waals surface area contributed by atoms with Gasteiger partial charge in [0.2, 0.25) is 0 Å². The van der Waals surface area contributed by atoms with Crippen molar-refractivity contribution in [2.75, 3.05) is 12.8 Å². The highest BCUT2D eigenvalue weighted by Gasteiger charge is 2.17. The Hall–Kier alpha value is -2.30. The maximum absolute atomic E-state index is 12.0. The predicted molar refractivity (Wildman–Crippen MR) is 80.2 cm³/mol. The van der Waals surface area contributed by atoms with Gasteiger partial charge in [0.25, 0.3) is 5.91 Å². The van der Waals surface area contributed by atoms with E-state index in [4.69, 9.17) is 5.73 Å². The number of hydrogen-bond acceptors (Lipinski definition) is 3. The number of aromatic nitrogens is 2. The Bertz CT molecular complexity index is 658. The summed E-state index contributed by atoms with van der Waals surface area (Å²) in [5.41, 5.74) is 11.0. The number of nitrogens with two attached hydrogens (primary N) is 1. The van der Waals surface area contributed by atoms with Crippen molar-refractivity contribution in [1.82, 2.24) is 15.1 Å². The molecule has 0 aliphatic carbocycles. The maximum Gasteiger partial charge on any atom is 0.253 e. The third-order valence-electron chi connectivity index (χ3n) is 3.52. The van der Waals surface area contributed by atoms with E-state index in [2.05, 4.69) is 17.3 Å². The number of carbonyl (C=O) groups is 1. The molecule has 5 nitrogen and oxygen atoms in total. The van der Waals surface area contributed by atoms with Crippen molar-refractivity contribution in [3.8, 4) is 5.69 Å². The highest BCUT2D eigenvalue weighted by atomic mass is 16.1. The first-order valence-corrected chi connectivity index (χ1v) is 6.66. The monoisotopic (exact) mass is 272 g/mol. The fourth-order valence-corrected chi connectivity index (χ4v) is 2.47. The molecule has 0 bridgehead atoms. The Morgan fingerprint density at radius 1 is 1.40 bits per heavy atom. The van der Waals surface area contributed by atoms with Gasteiger partial charge in [0.05, 0.1) is 16.9 Å². The van der Waals surface area contributed by atoms with Crippen molar-refractivity contribution >= 4 is 11.6 Å². The first-order chi connectivity index (χ1) is 9.49. The number of carbonyl (C=O) groups excluding carboxylic acids is 1. The minimum absolute atomic E-state index is 0.148. The maximum atomic E-state index is 12.0. The van der Waals surface area contributed by atoms with Crippen molar-refractivity contribution in [3.05, 3.63) is 40.7 Å². The van der Waals surface area contributed by atoms with E-state index in [0.29, 0.717) is 16.9 Å². The molecule has 2 rings (SSSR count). The number of anilines is 1. The van der Waals surface area contributed by atoms with Crippen molar-refractivity contribution in [2.24, 2.45) is 0 Å². The van der Waals surface area contributed by atoms with E-state index in [9.17, 15) is 4.79 Å². The predicted octanol–water partition coefficient (Wildman–Crippen LogP) is 1.99. The molecule has 3 N–H and O–H groups in total. The molecule has 1 amide bonds. The van der Waals surface area contributed by atoms with Crippen LogP contribution in [0.5, 0.6) is 0 Å². The smallest absolute Gasteiger partial charge is 0.253 e. The molecule has 0 atom stereocenters. The van der Waals surface area contributed by atoms with E-state index in [-0.39, 0.29) is 5.91 Å². The van der Waals surface area contributed by atoms with Gasteiger partial charge in [-0.15, -0.1) is 0 Å². The van der Waals surface area contributed by atoms with Gasteiger partial charge in [-0.2, -0.15) is 5.10 Å². The molecule has 20 heavy (non-hydrogen) atoms. The average molecular weight is 272 g/mol. The number of hydrogen-bond donors (Lipinski definition) is 2. The molecule has 0 radical (unpaired) electrons. The second-order valence-electron chi connectivity index (χ2n) is 4.77. The lowest BCUT2D eigenvalue weighted by Crippen LogP contribution is -2.20. The number of benzene rings is 1. The molecular weight excluding hydrogens is 252 g/mol. The number of amides is 1. The molecule has 0 aliphatic heterocycles. The normalized spacial score (nSPS) is 10.6. The molecule has 0 spiro atoms. The number of nitrogens with one attached hydrogen (secondary N) is 1. The zero-order valence-corrected chi connectivity index (χ0v) is 12.3. The molecule has 0 saturated heterocycles. The van der Waals surface area contributed by atoms with Crippen molar-refractivity contribution in [3.63, 3.8) is 0 Å². The van der Waals surface area contributed by atoms with Gasteiger partial charge in [0.1, 0.15) is 0 Å². The van der Waals surface area contributed by atoms with Crippen LogP contribution in [-0.2, 0) is 6.42 Å². The van der Waals surface area contributed by atoms with E-state index < -0.39 is 0 Å². The van der Waals surface area contributed by atoms with Crippen LogP contribution >= 0.6 is 0 Å². The van der Waals surface area contributed by atoms with Crippen LogP contribution in [0, 0.1) is 13.8 Å². The van der Waals surface area contributed by atoms with Crippen LogP contribution in [0.2, 0.25) is 0 Å². The van der Waals surface area contributed by atoms with E-state index in [1.165, 1.54) is 5.56 Å². The van der Waals surface area contributed by atoms with Gasteiger partial charge in [0.15, 0.2) is 0 Å². The molecule has 2 aromatic rings. The van der Waals surface area contributed by atoms with E-state index in [1.807, 2.05) is 13.8 Å². The molecule has 1 aromatic carbocycles. The van der Waals surface area contributed by atoms with Gasteiger partial charge in [0, 0.05) is 18.4 Å². The Morgan fingerprint density at radius 3 is 2.65 bits per heavy atom. The summed E-state index contributed by atoms with van der Waals surface area (Å²) in [6.45, 7) is 6.09. The lowest BCUT2D eigenvalue weighted by molar-refractivity contribution is 0.0963. The van der Waals surface area contributed by atoms with Crippen LogP contribution in [0.25, 0.3) is 5.69 Å². The summed E-state index contributed by atoms with van der Waals surface area (Å²) in [4.78, 5) is 12.0. The number of rotatable bonds is 3. The zero-order valence-electron chi connectivity index (χ0n) is 12.3. The number of aryl methyl sites for hydroxylation is 1. The lowest BCUT2D eigenvalue weighted by atomic mass is 10.1. The second kappa shape index (κ2) is 5.36. The van der Waals surface area contributed by atoms with Crippen molar-refractivity contribution in [2.45, 2.75) is 27.2 Å². The quantitative estimate of drug-likeness (QED) is 0.839. The highest BCUT2D eigenvalue weighted by Crippen LogP contribution is 2.23. The Kier molecular flexibility index (Phi) is 3.79. The molecule has 5 heteroatoms. The van der Waals surface area contributed by atoms with E-state index >= 15 is 0 Å².